The molecule has 2 fully saturated rings. The molecule has 2 saturated heterocycles. The minimum atomic E-state index is -1.29. The second-order valence-electron chi connectivity index (χ2n) is 9.83. The van der Waals surface area contributed by atoms with Gasteiger partial charge in [-0.25, -0.2) is 0 Å². The third-order valence-corrected chi connectivity index (χ3v) is 8.15. The molecule has 3 aliphatic heterocycles. The lowest BCUT2D eigenvalue weighted by Gasteiger charge is -2.29. The van der Waals surface area contributed by atoms with Gasteiger partial charge in [0.2, 0.25) is 17.7 Å². The molecule has 8 heteroatoms. The topological polar surface area (TPSA) is 104 Å². The van der Waals surface area contributed by atoms with Gasteiger partial charge in [-0.1, -0.05) is 30.3 Å². The molecule has 4 atom stereocenters. The number of rotatable bonds is 5. The predicted octanol–water partition coefficient (Wildman–Crippen LogP) is 2.39. The predicted molar refractivity (Wildman–Crippen MR) is 131 cm³/mol. The van der Waals surface area contributed by atoms with Crippen molar-refractivity contribution >= 4 is 34.3 Å². The monoisotopic (exact) mass is 472 g/mol. The zero-order chi connectivity index (χ0) is 24.5. The second kappa shape index (κ2) is 7.76. The number of benzene rings is 2. The number of imide groups is 1. The zero-order valence-corrected chi connectivity index (χ0v) is 20.0. The molecule has 1 spiro atoms. The highest BCUT2D eigenvalue weighted by atomic mass is 16.5. The van der Waals surface area contributed by atoms with Crippen LogP contribution in [0.5, 0.6) is 0 Å². The number of nitrogens with one attached hydrogen (secondary N) is 3. The molecule has 0 unspecified atom stereocenters. The van der Waals surface area contributed by atoms with E-state index in [0.717, 1.165) is 38.8 Å². The summed E-state index contributed by atoms with van der Waals surface area (Å²) in [5, 5.41) is 7.65. The number of para-hydroxylation sites is 1. The van der Waals surface area contributed by atoms with Gasteiger partial charge in [-0.3, -0.25) is 24.6 Å². The second-order valence-corrected chi connectivity index (χ2v) is 9.83. The number of fused-ring (bicyclic) bond motifs is 5. The Kier molecular flexibility index (Phi) is 4.88. The quantitative estimate of drug-likeness (QED) is 0.495. The molecule has 0 radical (unpaired) electrons. The van der Waals surface area contributed by atoms with Crippen molar-refractivity contribution in [2.45, 2.75) is 31.8 Å². The molecular weight excluding hydrogens is 444 g/mol. The van der Waals surface area contributed by atoms with Crippen LogP contribution in [0.3, 0.4) is 0 Å². The number of aromatic nitrogens is 1. The number of aryl methyl sites for hydroxylation is 1. The molecule has 4 heterocycles. The Hall–Kier alpha value is -3.49. The molecule has 0 saturated carbocycles. The van der Waals surface area contributed by atoms with Crippen molar-refractivity contribution in [3.05, 3.63) is 64.8 Å². The van der Waals surface area contributed by atoms with Crippen LogP contribution >= 0.6 is 0 Å². The number of methoxy groups -OCH3 is 1. The lowest BCUT2D eigenvalue weighted by Crippen LogP contribution is -2.53. The highest BCUT2D eigenvalue weighted by molar-refractivity contribution is 6.15. The van der Waals surface area contributed by atoms with Crippen molar-refractivity contribution in [3.8, 4) is 0 Å². The van der Waals surface area contributed by atoms with E-state index < -0.39 is 17.4 Å². The minimum Gasteiger partial charge on any atom is -0.383 e. The van der Waals surface area contributed by atoms with Crippen LogP contribution in [-0.2, 0) is 31.1 Å². The Bertz CT molecular complexity index is 1400. The number of H-pyrrole nitrogens is 1. The van der Waals surface area contributed by atoms with Gasteiger partial charge in [-0.15, -0.1) is 0 Å². The SMILES string of the molecule is COCCN1C(=O)[C@H]2[C@@H](C1=O)[C@@]1(N[C@@H]2Cc2c[nH]c3ccccc23)C(=O)Nc2c1ccc(C)c2C. The molecule has 3 aliphatic rings. The fourth-order valence-electron chi connectivity index (χ4n) is 6.29. The van der Waals surface area contributed by atoms with Crippen LogP contribution in [0.25, 0.3) is 10.9 Å². The molecule has 3 N–H and O–H groups in total. The molecule has 0 bridgehead atoms. The van der Waals surface area contributed by atoms with Crippen LogP contribution in [0, 0.1) is 25.7 Å². The van der Waals surface area contributed by atoms with E-state index in [9.17, 15) is 14.4 Å². The van der Waals surface area contributed by atoms with Crippen LogP contribution in [0.4, 0.5) is 5.69 Å². The summed E-state index contributed by atoms with van der Waals surface area (Å²) >= 11 is 0. The number of carbonyl (C=O) groups is 3. The summed E-state index contributed by atoms with van der Waals surface area (Å²) < 4.78 is 5.16. The number of carbonyl (C=O) groups excluding carboxylic acids is 3. The Morgan fingerprint density at radius 2 is 1.86 bits per heavy atom. The van der Waals surface area contributed by atoms with Gasteiger partial charge in [-0.05, 0) is 43.0 Å². The first-order valence-electron chi connectivity index (χ1n) is 12.0. The molecule has 3 aromatic rings. The average Bonchev–Trinajstić information content (AvgIpc) is 3.55. The molecule has 35 heavy (non-hydrogen) atoms. The molecule has 180 valence electrons. The smallest absolute Gasteiger partial charge is 0.250 e. The first-order valence-corrected chi connectivity index (χ1v) is 12.0. The van der Waals surface area contributed by atoms with E-state index in [1.54, 1.807) is 7.11 Å². The van der Waals surface area contributed by atoms with Gasteiger partial charge in [0.05, 0.1) is 25.0 Å². The van der Waals surface area contributed by atoms with Crippen molar-refractivity contribution < 1.29 is 19.1 Å². The Labute approximate surface area is 203 Å². The number of hydrogen-bond acceptors (Lipinski definition) is 5. The van der Waals surface area contributed by atoms with E-state index in [4.69, 9.17) is 4.74 Å². The highest BCUT2D eigenvalue weighted by Gasteiger charge is 2.70. The maximum atomic E-state index is 13.8. The zero-order valence-electron chi connectivity index (χ0n) is 20.0. The molecule has 6 rings (SSSR count). The summed E-state index contributed by atoms with van der Waals surface area (Å²) in [6, 6.07) is 11.5. The third-order valence-electron chi connectivity index (χ3n) is 8.15. The van der Waals surface area contributed by atoms with Gasteiger partial charge in [0.15, 0.2) is 0 Å². The number of anilines is 1. The Balaban J connectivity index is 1.48. The molecule has 1 aromatic heterocycles. The fraction of sp³-hybridized carbons (Fsp3) is 0.370. The highest BCUT2D eigenvalue weighted by Crippen LogP contribution is 2.54. The average molecular weight is 473 g/mol. The Morgan fingerprint density at radius 3 is 2.66 bits per heavy atom. The number of ether oxygens (including phenoxy) is 1. The van der Waals surface area contributed by atoms with Crippen molar-refractivity contribution in [1.29, 1.82) is 0 Å². The first kappa shape index (κ1) is 22.0. The molecule has 8 nitrogen and oxygen atoms in total. The van der Waals surface area contributed by atoms with Crippen molar-refractivity contribution in [3.63, 3.8) is 0 Å². The van der Waals surface area contributed by atoms with Crippen LogP contribution in [0.2, 0.25) is 0 Å². The van der Waals surface area contributed by atoms with Gasteiger partial charge in [-0.2, -0.15) is 0 Å². The summed E-state index contributed by atoms with van der Waals surface area (Å²) in [6.45, 7) is 4.40. The summed E-state index contributed by atoms with van der Waals surface area (Å²) in [7, 11) is 1.54. The normalized spacial score (nSPS) is 27.2. The fourth-order valence-corrected chi connectivity index (χ4v) is 6.29. The van der Waals surface area contributed by atoms with Crippen LogP contribution in [0.15, 0.2) is 42.6 Å². The van der Waals surface area contributed by atoms with Gasteiger partial charge in [0.25, 0.3) is 0 Å². The number of amides is 3. The Morgan fingerprint density at radius 1 is 1.06 bits per heavy atom. The van der Waals surface area contributed by atoms with E-state index in [1.807, 2.05) is 56.4 Å². The van der Waals surface area contributed by atoms with Gasteiger partial charge in [0, 0.05) is 41.5 Å². The van der Waals surface area contributed by atoms with E-state index in [0.29, 0.717) is 6.42 Å². The minimum absolute atomic E-state index is 0.179. The number of aromatic amines is 1. The van der Waals surface area contributed by atoms with Crippen LogP contribution in [0.1, 0.15) is 22.3 Å². The molecule has 3 amide bonds. The lowest BCUT2D eigenvalue weighted by molar-refractivity contribution is -0.143. The van der Waals surface area contributed by atoms with E-state index >= 15 is 0 Å². The number of hydrogen-bond donors (Lipinski definition) is 3. The van der Waals surface area contributed by atoms with Crippen molar-refractivity contribution in [1.82, 2.24) is 15.2 Å². The molecule has 0 aliphatic carbocycles. The van der Waals surface area contributed by atoms with Gasteiger partial charge < -0.3 is 15.0 Å². The van der Waals surface area contributed by atoms with Crippen LogP contribution < -0.4 is 10.6 Å². The summed E-state index contributed by atoms with van der Waals surface area (Å²) in [6.07, 6.45) is 2.46. The van der Waals surface area contributed by atoms with Gasteiger partial charge >= 0.3 is 0 Å². The summed E-state index contributed by atoms with van der Waals surface area (Å²) in [4.78, 5) is 45.7. The summed E-state index contributed by atoms with van der Waals surface area (Å²) in [5.41, 5.74) is 4.28. The maximum Gasteiger partial charge on any atom is 0.250 e. The van der Waals surface area contributed by atoms with E-state index in [2.05, 4.69) is 15.6 Å². The van der Waals surface area contributed by atoms with Crippen molar-refractivity contribution in [2.24, 2.45) is 11.8 Å². The third kappa shape index (κ3) is 2.90. The molecular formula is C27H28N4O4. The van der Waals surface area contributed by atoms with Crippen molar-refractivity contribution in [2.75, 3.05) is 25.6 Å². The molecule has 2 aromatic carbocycles. The van der Waals surface area contributed by atoms with Gasteiger partial charge in [0.1, 0.15) is 5.54 Å². The number of nitrogens with zero attached hydrogens (tertiary/aromatic N) is 1. The first-order chi connectivity index (χ1) is 16.9. The van der Waals surface area contributed by atoms with E-state index in [1.165, 1.54) is 4.90 Å². The largest absolute Gasteiger partial charge is 0.383 e. The number of likely N-dealkylation sites (tertiary alicyclic amines) is 1. The summed E-state index contributed by atoms with van der Waals surface area (Å²) in [5.74, 6) is -2.28. The standard InChI is InChI=1S/C27H28N4O4/c1-14-8-9-18-23(15(14)2)29-26(34)27(18)22-21(24(32)31(25(22)33)10-11-35-3)20(30-27)12-16-13-28-19-7-5-4-6-17(16)19/h4-9,13,20-22,28,30H,10-12H2,1-3H3,(H,29,34)/t20-,21-,22+,27-/m1/s1. The van der Waals surface area contributed by atoms with Crippen LogP contribution in [-0.4, -0.2) is 53.9 Å². The lowest BCUT2D eigenvalue weighted by atomic mass is 9.75. The van der Waals surface area contributed by atoms with E-state index in [-0.39, 0.29) is 36.9 Å². The maximum absolute atomic E-state index is 13.8.